The molecule has 5 nitrogen and oxygen atoms in total. The third kappa shape index (κ3) is 5.35. The van der Waals surface area contributed by atoms with Crippen LogP contribution in [0.1, 0.15) is 13.8 Å². The van der Waals surface area contributed by atoms with E-state index in [1.807, 2.05) is 0 Å². The van der Waals surface area contributed by atoms with Gasteiger partial charge in [0, 0.05) is 0 Å². The van der Waals surface area contributed by atoms with E-state index in [2.05, 4.69) is 12.1 Å². The van der Waals surface area contributed by atoms with Crippen LogP contribution < -0.4 is 5.48 Å². The molecule has 0 radical (unpaired) electrons. The van der Waals surface area contributed by atoms with Gasteiger partial charge in [-0.15, -0.1) is 0 Å². The van der Waals surface area contributed by atoms with Gasteiger partial charge >= 0.3 is 5.97 Å². The van der Waals surface area contributed by atoms with Crippen molar-refractivity contribution in [2.45, 2.75) is 26.0 Å². The van der Waals surface area contributed by atoms with Crippen LogP contribution in [0.15, 0.2) is 12.2 Å². The first kappa shape index (κ1) is 12.1. The van der Waals surface area contributed by atoms with Crippen molar-refractivity contribution in [3.8, 4) is 0 Å². The molecule has 2 atom stereocenters. The highest BCUT2D eigenvalue weighted by molar-refractivity contribution is 5.73. The molecule has 0 amide bonds. The summed E-state index contributed by atoms with van der Waals surface area (Å²) in [6.07, 6.45) is -1.01. The molecule has 0 aromatic carbocycles. The summed E-state index contributed by atoms with van der Waals surface area (Å²) < 4.78 is 0. The van der Waals surface area contributed by atoms with Gasteiger partial charge in [0.1, 0.15) is 0 Å². The Kier molecular flexibility index (Phi) is 5.29. The smallest absolute Gasteiger partial charge is 0.325 e. The maximum atomic E-state index is 10.5. The third-order valence-electron chi connectivity index (χ3n) is 1.28. The van der Waals surface area contributed by atoms with Gasteiger partial charge in [-0.05, 0) is 13.8 Å². The summed E-state index contributed by atoms with van der Waals surface area (Å²) in [5, 5.41) is 17.6. The van der Waals surface area contributed by atoms with Gasteiger partial charge in [0.15, 0.2) is 6.04 Å². The molecular formula is C8H15NO4. The molecule has 0 saturated carbocycles. The molecule has 0 bridgehead atoms. The van der Waals surface area contributed by atoms with E-state index in [1.54, 1.807) is 6.92 Å². The minimum atomic E-state index is -1.16. The number of nitrogens with one attached hydrogen (secondary N) is 1. The number of rotatable bonds is 6. The van der Waals surface area contributed by atoms with Gasteiger partial charge < -0.3 is 10.2 Å². The largest absolute Gasteiger partial charge is 0.480 e. The van der Waals surface area contributed by atoms with Crippen molar-refractivity contribution < 1.29 is 19.8 Å². The molecule has 0 fully saturated rings. The number of carbonyl (C=O) groups is 1. The molecule has 76 valence electrons. The van der Waals surface area contributed by atoms with Crippen LogP contribution in [0, 0.1) is 0 Å². The predicted octanol–water partition coefficient (Wildman–Crippen LogP) is -0.0823. The fourth-order valence-electron chi connectivity index (χ4n) is 0.610. The van der Waals surface area contributed by atoms with E-state index in [9.17, 15) is 4.79 Å². The average molecular weight is 189 g/mol. The predicted molar refractivity (Wildman–Crippen MR) is 47.0 cm³/mol. The van der Waals surface area contributed by atoms with Crippen molar-refractivity contribution in [1.82, 2.24) is 5.48 Å². The summed E-state index contributed by atoms with van der Waals surface area (Å²) >= 11 is 0. The highest BCUT2D eigenvalue weighted by Crippen LogP contribution is 1.94. The number of aliphatic hydroxyl groups is 1. The van der Waals surface area contributed by atoms with Gasteiger partial charge in [-0.3, -0.25) is 9.63 Å². The van der Waals surface area contributed by atoms with Crippen LogP contribution in [-0.4, -0.2) is 34.9 Å². The molecule has 0 heterocycles. The Morgan fingerprint density at radius 1 is 1.69 bits per heavy atom. The van der Waals surface area contributed by atoms with Crippen molar-refractivity contribution in [1.29, 1.82) is 0 Å². The van der Waals surface area contributed by atoms with Crippen molar-refractivity contribution in [2.75, 3.05) is 6.61 Å². The van der Waals surface area contributed by atoms with Crippen LogP contribution >= 0.6 is 0 Å². The Balaban J connectivity index is 3.84. The third-order valence-corrected chi connectivity index (χ3v) is 1.28. The monoisotopic (exact) mass is 189 g/mol. The highest BCUT2D eigenvalue weighted by atomic mass is 16.6. The van der Waals surface area contributed by atoms with Crippen molar-refractivity contribution >= 4 is 5.97 Å². The lowest BCUT2D eigenvalue weighted by molar-refractivity contribution is -0.148. The number of aliphatic carboxylic acids is 1. The number of hydroxylamine groups is 1. The maximum Gasteiger partial charge on any atom is 0.325 e. The first-order valence-electron chi connectivity index (χ1n) is 3.87. The van der Waals surface area contributed by atoms with Crippen LogP contribution in [0.2, 0.25) is 0 Å². The normalized spacial score (nSPS) is 15.0. The Morgan fingerprint density at radius 3 is 2.54 bits per heavy atom. The van der Waals surface area contributed by atoms with E-state index < -0.39 is 18.1 Å². The van der Waals surface area contributed by atoms with Crippen LogP contribution in [0.4, 0.5) is 0 Å². The molecule has 13 heavy (non-hydrogen) atoms. The molecule has 0 aromatic rings. The molecule has 0 saturated heterocycles. The van der Waals surface area contributed by atoms with Crippen LogP contribution in [0.3, 0.4) is 0 Å². The highest BCUT2D eigenvalue weighted by Gasteiger charge is 2.22. The molecule has 0 rings (SSSR count). The van der Waals surface area contributed by atoms with Gasteiger partial charge in [-0.2, -0.15) is 5.48 Å². The average Bonchev–Trinajstić information content (AvgIpc) is 1.95. The zero-order valence-corrected chi connectivity index (χ0v) is 7.78. The molecule has 0 aliphatic heterocycles. The van der Waals surface area contributed by atoms with E-state index in [0.717, 1.165) is 5.57 Å². The van der Waals surface area contributed by atoms with Gasteiger partial charge in [0.2, 0.25) is 0 Å². The molecule has 3 N–H and O–H groups in total. The van der Waals surface area contributed by atoms with Gasteiger partial charge in [-0.1, -0.05) is 12.2 Å². The lowest BCUT2D eigenvalue weighted by Gasteiger charge is -2.16. The second kappa shape index (κ2) is 5.69. The van der Waals surface area contributed by atoms with E-state index >= 15 is 0 Å². The second-order valence-corrected chi connectivity index (χ2v) is 2.92. The summed E-state index contributed by atoms with van der Waals surface area (Å²) in [5.74, 6) is -1.16. The molecule has 1 unspecified atom stereocenters. The van der Waals surface area contributed by atoms with Crippen LogP contribution in [-0.2, 0) is 9.63 Å². The lowest BCUT2D eigenvalue weighted by atomic mass is 10.2. The Hall–Kier alpha value is -0.910. The Morgan fingerprint density at radius 2 is 2.23 bits per heavy atom. The van der Waals surface area contributed by atoms with E-state index in [4.69, 9.17) is 15.1 Å². The van der Waals surface area contributed by atoms with Gasteiger partial charge in [0.25, 0.3) is 0 Å². The topological polar surface area (TPSA) is 78.8 Å². The minimum Gasteiger partial charge on any atom is -0.480 e. The quantitative estimate of drug-likeness (QED) is 0.402. The lowest BCUT2D eigenvalue weighted by Crippen LogP contribution is -2.44. The second-order valence-electron chi connectivity index (χ2n) is 2.92. The summed E-state index contributed by atoms with van der Waals surface area (Å²) in [6.45, 7) is 6.91. The van der Waals surface area contributed by atoms with Crippen molar-refractivity contribution in [2.24, 2.45) is 0 Å². The van der Waals surface area contributed by atoms with Crippen LogP contribution in [0.5, 0.6) is 0 Å². The van der Waals surface area contributed by atoms with Gasteiger partial charge in [0.05, 0.1) is 12.7 Å². The molecule has 0 spiro atoms. The Bertz CT molecular complexity index is 191. The SMILES string of the molecule is C=C(C)CON[C@H](C(=O)O)C(C)O. The summed E-state index contributed by atoms with van der Waals surface area (Å²) in [5.41, 5.74) is 3.01. The van der Waals surface area contributed by atoms with Crippen LogP contribution in [0.25, 0.3) is 0 Å². The first-order valence-corrected chi connectivity index (χ1v) is 3.87. The number of hydrogen-bond acceptors (Lipinski definition) is 4. The van der Waals surface area contributed by atoms with E-state index in [-0.39, 0.29) is 6.61 Å². The fourth-order valence-corrected chi connectivity index (χ4v) is 0.610. The zero-order chi connectivity index (χ0) is 10.4. The number of carboxylic acid groups (broad SMARTS) is 1. The number of hydrogen-bond donors (Lipinski definition) is 3. The van der Waals surface area contributed by atoms with E-state index in [1.165, 1.54) is 6.92 Å². The van der Waals surface area contributed by atoms with Crippen molar-refractivity contribution in [3.63, 3.8) is 0 Å². The number of aliphatic hydroxyl groups excluding tert-OH is 1. The first-order chi connectivity index (χ1) is 5.95. The number of carboxylic acids is 1. The minimum absolute atomic E-state index is 0.219. The standard InChI is InChI=1S/C8H15NO4/c1-5(2)4-13-9-7(6(3)10)8(11)12/h6-7,9-10H,1,4H2,2-3H3,(H,11,12)/t6?,7-/m0/s1. The summed E-state index contributed by atoms with van der Waals surface area (Å²) in [7, 11) is 0. The van der Waals surface area contributed by atoms with E-state index in [0.29, 0.717) is 0 Å². The molecule has 5 heteroatoms. The Labute approximate surface area is 77.0 Å². The zero-order valence-electron chi connectivity index (χ0n) is 7.78. The molecule has 0 aliphatic rings. The fraction of sp³-hybridized carbons (Fsp3) is 0.625. The summed E-state index contributed by atoms with van der Waals surface area (Å²) in [4.78, 5) is 15.3. The molecular weight excluding hydrogens is 174 g/mol. The van der Waals surface area contributed by atoms with Crippen molar-refractivity contribution in [3.05, 3.63) is 12.2 Å². The molecule has 0 aliphatic carbocycles. The summed E-state index contributed by atoms with van der Waals surface area (Å²) in [6, 6.07) is -1.11. The maximum absolute atomic E-state index is 10.5. The van der Waals surface area contributed by atoms with Gasteiger partial charge in [-0.25, -0.2) is 0 Å². The molecule has 0 aromatic heterocycles.